The molecule has 1 aromatic carbocycles. The van der Waals surface area contributed by atoms with Crippen LogP contribution in [-0.4, -0.2) is 44.2 Å². The summed E-state index contributed by atoms with van der Waals surface area (Å²) < 4.78 is 6.35. The molecule has 27 heavy (non-hydrogen) atoms. The van der Waals surface area contributed by atoms with Gasteiger partial charge in [-0.3, -0.25) is 14.3 Å². The van der Waals surface area contributed by atoms with E-state index in [1.807, 2.05) is 0 Å². The highest BCUT2D eigenvalue weighted by Crippen LogP contribution is 2.24. The Morgan fingerprint density at radius 2 is 1.56 bits per heavy atom. The Hall–Kier alpha value is -3.49. The molecule has 9 heteroatoms. The first kappa shape index (κ1) is 18.3. The molecule has 1 aromatic heterocycles. The number of esters is 1. The fraction of sp³-hybridized carbons (Fsp3) is 0.278. The van der Waals surface area contributed by atoms with E-state index in [2.05, 4.69) is 5.10 Å². The molecule has 0 N–H and O–H groups in total. The second kappa shape index (κ2) is 6.35. The molecular formula is C18H17N3O6. The minimum absolute atomic E-state index is 0.131. The zero-order valence-corrected chi connectivity index (χ0v) is 15.2. The summed E-state index contributed by atoms with van der Waals surface area (Å²) in [6, 6.07) is 6.10. The highest BCUT2D eigenvalue weighted by atomic mass is 16.7. The number of hydrogen-bond acceptors (Lipinski definition) is 7. The van der Waals surface area contributed by atoms with Crippen molar-refractivity contribution in [3.63, 3.8) is 0 Å². The number of aryl methyl sites for hydroxylation is 1. The third-order valence-electron chi connectivity index (χ3n) is 3.68. The molecule has 0 radical (unpaired) electrons. The maximum atomic E-state index is 12.6. The van der Waals surface area contributed by atoms with Crippen molar-refractivity contribution in [2.75, 3.05) is 0 Å². The number of carbonyl (C=O) groups is 4. The van der Waals surface area contributed by atoms with E-state index in [1.165, 1.54) is 19.2 Å². The summed E-state index contributed by atoms with van der Waals surface area (Å²) in [5.41, 5.74) is -0.883. The quantitative estimate of drug-likeness (QED) is 0.597. The van der Waals surface area contributed by atoms with E-state index < -0.39 is 29.4 Å². The van der Waals surface area contributed by atoms with Crippen LogP contribution >= 0.6 is 0 Å². The zero-order chi connectivity index (χ0) is 19.9. The molecule has 0 unspecified atom stereocenters. The van der Waals surface area contributed by atoms with Crippen LogP contribution in [0.3, 0.4) is 0 Å². The van der Waals surface area contributed by atoms with Gasteiger partial charge >= 0.3 is 11.9 Å². The van der Waals surface area contributed by atoms with Crippen molar-refractivity contribution in [3.8, 4) is 0 Å². The van der Waals surface area contributed by atoms with Gasteiger partial charge in [0.25, 0.3) is 11.8 Å². The maximum absolute atomic E-state index is 12.6. The van der Waals surface area contributed by atoms with Gasteiger partial charge in [0.1, 0.15) is 11.2 Å². The Balaban J connectivity index is 1.86. The van der Waals surface area contributed by atoms with E-state index >= 15 is 0 Å². The van der Waals surface area contributed by atoms with Gasteiger partial charge in [-0.1, -0.05) is 17.2 Å². The van der Waals surface area contributed by atoms with Gasteiger partial charge < -0.3 is 9.57 Å². The molecule has 0 fully saturated rings. The summed E-state index contributed by atoms with van der Waals surface area (Å²) in [7, 11) is 1.42. The number of imide groups is 1. The molecule has 0 atom stereocenters. The Labute approximate surface area is 154 Å². The molecule has 1 aliphatic rings. The minimum Gasteiger partial charge on any atom is -0.456 e. The van der Waals surface area contributed by atoms with Crippen LogP contribution in [0.15, 0.2) is 30.5 Å². The van der Waals surface area contributed by atoms with Crippen LogP contribution in [0.2, 0.25) is 0 Å². The number of benzene rings is 1. The maximum Gasteiger partial charge on any atom is 0.382 e. The summed E-state index contributed by atoms with van der Waals surface area (Å²) in [6.45, 7) is 5.04. The fourth-order valence-corrected chi connectivity index (χ4v) is 2.54. The van der Waals surface area contributed by atoms with Crippen LogP contribution in [0.25, 0.3) is 0 Å². The van der Waals surface area contributed by atoms with Crippen LogP contribution in [0, 0.1) is 0 Å². The van der Waals surface area contributed by atoms with Crippen LogP contribution in [0.1, 0.15) is 62.3 Å². The molecule has 0 spiro atoms. The number of amides is 2. The molecule has 0 aliphatic carbocycles. The van der Waals surface area contributed by atoms with Crippen molar-refractivity contribution < 1.29 is 28.8 Å². The molecule has 2 heterocycles. The fourth-order valence-electron chi connectivity index (χ4n) is 2.54. The minimum atomic E-state index is -1.08. The van der Waals surface area contributed by atoms with Gasteiger partial charge in [-0.2, -0.15) is 5.10 Å². The number of carbonyl (C=O) groups excluding carboxylic acids is 4. The molecule has 1 aliphatic heterocycles. The monoisotopic (exact) mass is 371 g/mol. The van der Waals surface area contributed by atoms with Crippen molar-refractivity contribution in [1.82, 2.24) is 14.8 Å². The molecule has 3 rings (SSSR count). The lowest BCUT2D eigenvalue weighted by Gasteiger charge is -2.19. The lowest BCUT2D eigenvalue weighted by Crippen LogP contribution is -2.34. The molecule has 0 saturated carbocycles. The number of rotatable bonds is 3. The summed E-state index contributed by atoms with van der Waals surface area (Å²) >= 11 is 0. The van der Waals surface area contributed by atoms with Gasteiger partial charge in [0, 0.05) is 7.05 Å². The van der Waals surface area contributed by atoms with Crippen molar-refractivity contribution in [3.05, 3.63) is 52.8 Å². The lowest BCUT2D eigenvalue weighted by molar-refractivity contribution is -0.0593. The van der Waals surface area contributed by atoms with E-state index in [0.29, 0.717) is 5.06 Å². The SMILES string of the molecule is Cn1ncc(C(=O)OC(C)(C)C)c1C(=O)ON1C(=O)c2ccccc2C1=O. The van der Waals surface area contributed by atoms with Gasteiger partial charge in [0.2, 0.25) is 0 Å². The molecule has 9 nitrogen and oxygen atoms in total. The summed E-state index contributed by atoms with van der Waals surface area (Å²) in [6.07, 6.45) is 1.16. The van der Waals surface area contributed by atoms with Crippen molar-refractivity contribution in [2.45, 2.75) is 26.4 Å². The van der Waals surface area contributed by atoms with Crippen molar-refractivity contribution >= 4 is 23.8 Å². The Kier molecular flexibility index (Phi) is 4.30. The van der Waals surface area contributed by atoms with Gasteiger partial charge in [0.15, 0.2) is 5.69 Å². The summed E-state index contributed by atoms with van der Waals surface area (Å²) in [5, 5.41) is 4.24. The second-order valence-corrected chi connectivity index (χ2v) is 6.86. The van der Waals surface area contributed by atoms with Gasteiger partial charge in [-0.25, -0.2) is 9.59 Å². The predicted molar refractivity (Wildman–Crippen MR) is 90.7 cm³/mol. The first-order valence-corrected chi connectivity index (χ1v) is 8.05. The number of ether oxygens (including phenoxy) is 1. The molecule has 0 bridgehead atoms. The number of hydroxylamine groups is 2. The summed E-state index contributed by atoms with van der Waals surface area (Å²) in [5.74, 6) is -3.37. The smallest absolute Gasteiger partial charge is 0.382 e. The lowest BCUT2D eigenvalue weighted by atomic mass is 10.1. The van der Waals surface area contributed by atoms with E-state index in [1.54, 1.807) is 32.9 Å². The second-order valence-electron chi connectivity index (χ2n) is 6.86. The normalized spacial score (nSPS) is 13.6. The average Bonchev–Trinajstić information content (AvgIpc) is 3.08. The van der Waals surface area contributed by atoms with Gasteiger partial charge in [-0.15, -0.1) is 0 Å². The van der Waals surface area contributed by atoms with Gasteiger partial charge in [0.05, 0.1) is 17.3 Å². The standard InChI is InChI=1S/C18H17N3O6/c1-18(2,3)26-16(24)12-9-19-20(4)13(12)17(25)27-21-14(22)10-7-5-6-8-11(10)15(21)23/h5-9H,1-4H3. The molecule has 2 aromatic rings. The Morgan fingerprint density at radius 1 is 1.00 bits per heavy atom. The Bertz CT molecular complexity index is 935. The van der Waals surface area contributed by atoms with Crippen LogP contribution in [-0.2, 0) is 16.6 Å². The number of hydrogen-bond donors (Lipinski definition) is 0. The molecule has 2 amide bonds. The molecule has 0 saturated heterocycles. The zero-order valence-electron chi connectivity index (χ0n) is 15.2. The number of fused-ring (bicyclic) bond motifs is 1. The Morgan fingerprint density at radius 3 is 2.07 bits per heavy atom. The summed E-state index contributed by atoms with van der Waals surface area (Å²) in [4.78, 5) is 54.5. The van der Waals surface area contributed by atoms with Crippen molar-refractivity contribution in [2.24, 2.45) is 7.05 Å². The third-order valence-corrected chi connectivity index (χ3v) is 3.68. The highest BCUT2D eigenvalue weighted by Gasteiger charge is 2.40. The third kappa shape index (κ3) is 3.31. The van der Waals surface area contributed by atoms with Crippen LogP contribution < -0.4 is 0 Å². The topological polar surface area (TPSA) is 108 Å². The average molecular weight is 371 g/mol. The van der Waals surface area contributed by atoms with Crippen molar-refractivity contribution in [1.29, 1.82) is 0 Å². The first-order chi connectivity index (χ1) is 12.6. The van der Waals surface area contributed by atoms with Crippen LogP contribution in [0.4, 0.5) is 0 Å². The molecular weight excluding hydrogens is 354 g/mol. The first-order valence-electron chi connectivity index (χ1n) is 8.05. The van der Waals surface area contributed by atoms with E-state index in [4.69, 9.17) is 9.57 Å². The number of aromatic nitrogens is 2. The van der Waals surface area contributed by atoms with Crippen LogP contribution in [0.5, 0.6) is 0 Å². The predicted octanol–water partition coefficient (Wildman–Crippen LogP) is 1.74. The van der Waals surface area contributed by atoms with E-state index in [9.17, 15) is 19.2 Å². The van der Waals surface area contributed by atoms with Gasteiger partial charge in [-0.05, 0) is 32.9 Å². The largest absolute Gasteiger partial charge is 0.456 e. The van der Waals surface area contributed by atoms with E-state index in [-0.39, 0.29) is 22.4 Å². The molecule has 140 valence electrons. The highest BCUT2D eigenvalue weighted by molar-refractivity contribution is 6.21. The van der Waals surface area contributed by atoms with E-state index in [0.717, 1.165) is 10.9 Å². The number of nitrogens with zero attached hydrogens (tertiary/aromatic N) is 3.